The van der Waals surface area contributed by atoms with Crippen LogP contribution >= 0.6 is 11.6 Å². The Morgan fingerprint density at radius 3 is 3.06 bits per heavy atom. The SMILES string of the molecule is Clc1cccc(-c2onc3cc[c]cc23)c1. The minimum absolute atomic E-state index is 0.682. The second-order valence-electron chi connectivity index (χ2n) is 3.47. The quantitative estimate of drug-likeness (QED) is 0.630. The van der Waals surface area contributed by atoms with Crippen LogP contribution in [0.25, 0.3) is 22.2 Å². The molecule has 2 aromatic carbocycles. The van der Waals surface area contributed by atoms with Gasteiger partial charge in [-0.1, -0.05) is 35.0 Å². The molecule has 1 aromatic heterocycles. The standard InChI is InChI=1S/C13H7ClNO/c14-10-5-3-4-9(8-10)13-11-6-1-2-7-12(11)15-16-13/h2-8H. The normalized spacial score (nSPS) is 10.8. The van der Waals surface area contributed by atoms with Crippen molar-refractivity contribution in [1.29, 1.82) is 0 Å². The van der Waals surface area contributed by atoms with Gasteiger partial charge in [0, 0.05) is 10.6 Å². The lowest BCUT2D eigenvalue weighted by Crippen LogP contribution is -1.74. The fourth-order valence-electron chi connectivity index (χ4n) is 1.67. The van der Waals surface area contributed by atoms with Gasteiger partial charge >= 0.3 is 0 Å². The maximum Gasteiger partial charge on any atom is 0.174 e. The summed E-state index contributed by atoms with van der Waals surface area (Å²) in [6, 6.07) is 16.1. The van der Waals surface area contributed by atoms with Crippen molar-refractivity contribution in [3.8, 4) is 11.3 Å². The molecule has 0 unspecified atom stereocenters. The highest BCUT2D eigenvalue weighted by atomic mass is 35.5. The van der Waals surface area contributed by atoms with Crippen LogP contribution in [0.3, 0.4) is 0 Å². The lowest BCUT2D eigenvalue weighted by molar-refractivity contribution is 0.441. The van der Waals surface area contributed by atoms with E-state index in [0.29, 0.717) is 5.02 Å². The van der Waals surface area contributed by atoms with E-state index in [-0.39, 0.29) is 0 Å². The number of rotatable bonds is 1. The Kier molecular flexibility index (Phi) is 2.15. The van der Waals surface area contributed by atoms with E-state index in [2.05, 4.69) is 11.2 Å². The van der Waals surface area contributed by atoms with Gasteiger partial charge in [-0.3, -0.25) is 0 Å². The fourth-order valence-corrected chi connectivity index (χ4v) is 1.86. The number of benzene rings is 2. The molecule has 0 N–H and O–H groups in total. The molecule has 3 heteroatoms. The summed E-state index contributed by atoms with van der Waals surface area (Å²) in [4.78, 5) is 0. The molecule has 0 aliphatic heterocycles. The van der Waals surface area contributed by atoms with Crippen LogP contribution in [0.2, 0.25) is 5.02 Å². The maximum atomic E-state index is 5.94. The first-order valence-corrected chi connectivity index (χ1v) is 5.24. The molecule has 16 heavy (non-hydrogen) atoms. The Bertz CT molecular complexity index is 645. The molecule has 3 aromatic rings. The summed E-state index contributed by atoms with van der Waals surface area (Å²) < 4.78 is 5.33. The summed E-state index contributed by atoms with van der Waals surface area (Å²) in [5.41, 5.74) is 1.75. The Morgan fingerprint density at radius 2 is 2.19 bits per heavy atom. The molecule has 0 aliphatic carbocycles. The van der Waals surface area contributed by atoms with Gasteiger partial charge in [-0.2, -0.15) is 0 Å². The molecule has 0 saturated carbocycles. The first-order valence-electron chi connectivity index (χ1n) is 4.86. The van der Waals surface area contributed by atoms with Crippen molar-refractivity contribution in [2.75, 3.05) is 0 Å². The van der Waals surface area contributed by atoms with Gasteiger partial charge in [0.25, 0.3) is 0 Å². The predicted molar refractivity (Wildman–Crippen MR) is 63.3 cm³/mol. The first-order chi connectivity index (χ1) is 7.84. The number of hydrogen-bond acceptors (Lipinski definition) is 2. The van der Waals surface area contributed by atoms with Crippen LogP contribution in [0, 0.1) is 6.07 Å². The van der Waals surface area contributed by atoms with E-state index in [1.165, 1.54) is 0 Å². The molecule has 77 valence electrons. The molecule has 1 heterocycles. The zero-order valence-corrected chi connectivity index (χ0v) is 9.03. The molecule has 0 fully saturated rings. The maximum absolute atomic E-state index is 5.94. The molecule has 0 spiro atoms. The number of nitrogens with zero attached hydrogens (tertiary/aromatic N) is 1. The van der Waals surface area contributed by atoms with Crippen molar-refractivity contribution in [1.82, 2.24) is 5.16 Å². The third kappa shape index (κ3) is 1.48. The van der Waals surface area contributed by atoms with E-state index in [4.69, 9.17) is 16.1 Å². The highest BCUT2D eigenvalue weighted by molar-refractivity contribution is 6.30. The van der Waals surface area contributed by atoms with Crippen molar-refractivity contribution in [3.05, 3.63) is 53.6 Å². The molecule has 1 radical (unpaired) electrons. The molecule has 3 rings (SSSR count). The lowest BCUT2D eigenvalue weighted by Gasteiger charge is -1.96. The summed E-state index contributed by atoms with van der Waals surface area (Å²) in [7, 11) is 0. The highest BCUT2D eigenvalue weighted by Gasteiger charge is 2.09. The minimum Gasteiger partial charge on any atom is -0.355 e. The summed E-state index contributed by atoms with van der Waals surface area (Å²) in [5, 5.41) is 5.62. The Morgan fingerprint density at radius 1 is 1.25 bits per heavy atom. The van der Waals surface area contributed by atoms with E-state index >= 15 is 0 Å². The molecule has 0 amide bonds. The van der Waals surface area contributed by atoms with Crippen LogP contribution in [0.4, 0.5) is 0 Å². The van der Waals surface area contributed by atoms with Crippen LogP contribution in [0.15, 0.2) is 47.0 Å². The van der Waals surface area contributed by atoms with E-state index < -0.39 is 0 Å². The van der Waals surface area contributed by atoms with Crippen LogP contribution < -0.4 is 0 Å². The smallest absolute Gasteiger partial charge is 0.174 e. The lowest BCUT2D eigenvalue weighted by atomic mass is 10.1. The second-order valence-corrected chi connectivity index (χ2v) is 3.90. The summed E-state index contributed by atoms with van der Waals surface area (Å²) in [5.74, 6) is 0.731. The third-order valence-electron chi connectivity index (χ3n) is 2.41. The van der Waals surface area contributed by atoms with E-state index in [9.17, 15) is 0 Å². The Labute approximate surface area is 97.4 Å². The van der Waals surface area contributed by atoms with Crippen LogP contribution in [-0.4, -0.2) is 5.16 Å². The van der Waals surface area contributed by atoms with Crippen molar-refractivity contribution < 1.29 is 4.52 Å². The zero-order chi connectivity index (χ0) is 11.0. The van der Waals surface area contributed by atoms with Gasteiger partial charge in [0.2, 0.25) is 0 Å². The Hall–Kier alpha value is -1.80. The zero-order valence-electron chi connectivity index (χ0n) is 8.27. The highest BCUT2D eigenvalue weighted by Crippen LogP contribution is 2.29. The Balaban J connectivity index is 2.26. The molecule has 0 saturated heterocycles. The van der Waals surface area contributed by atoms with Crippen molar-refractivity contribution >= 4 is 22.5 Å². The van der Waals surface area contributed by atoms with Crippen molar-refractivity contribution in [2.45, 2.75) is 0 Å². The van der Waals surface area contributed by atoms with Gasteiger partial charge in [-0.05, 0) is 30.3 Å². The third-order valence-corrected chi connectivity index (χ3v) is 2.64. The second kappa shape index (κ2) is 3.65. The summed E-state index contributed by atoms with van der Waals surface area (Å²) in [6.07, 6.45) is 0. The van der Waals surface area contributed by atoms with E-state index in [0.717, 1.165) is 22.2 Å². The van der Waals surface area contributed by atoms with E-state index in [1.54, 1.807) is 0 Å². The van der Waals surface area contributed by atoms with Gasteiger partial charge in [-0.25, -0.2) is 0 Å². The molecule has 0 atom stereocenters. The van der Waals surface area contributed by atoms with Gasteiger partial charge in [0.1, 0.15) is 5.52 Å². The van der Waals surface area contributed by atoms with Crippen LogP contribution in [0.5, 0.6) is 0 Å². The largest absolute Gasteiger partial charge is 0.355 e. The summed E-state index contributed by atoms with van der Waals surface area (Å²) in [6.45, 7) is 0. The molecule has 2 nitrogen and oxygen atoms in total. The van der Waals surface area contributed by atoms with E-state index in [1.807, 2.05) is 42.5 Å². The number of fused-ring (bicyclic) bond motifs is 1. The molecular formula is C13H7ClNO. The predicted octanol–water partition coefficient (Wildman–Crippen LogP) is 3.95. The van der Waals surface area contributed by atoms with Gasteiger partial charge in [0.05, 0.1) is 5.39 Å². The first kappa shape index (κ1) is 9.43. The van der Waals surface area contributed by atoms with Crippen LogP contribution in [0.1, 0.15) is 0 Å². The van der Waals surface area contributed by atoms with Gasteiger partial charge in [-0.15, -0.1) is 0 Å². The van der Waals surface area contributed by atoms with Gasteiger partial charge < -0.3 is 4.52 Å². The van der Waals surface area contributed by atoms with Gasteiger partial charge in [0.15, 0.2) is 5.76 Å². The average molecular weight is 229 g/mol. The summed E-state index contributed by atoms with van der Waals surface area (Å²) >= 11 is 5.94. The number of hydrogen-bond donors (Lipinski definition) is 0. The monoisotopic (exact) mass is 228 g/mol. The fraction of sp³-hybridized carbons (Fsp3) is 0. The number of halogens is 1. The van der Waals surface area contributed by atoms with Crippen LogP contribution in [-0.2, 0) is 0 Å². The molecular weight excluding hydrogens is 222 g/mol. The van der Waals surface area contributed by atoms with Crippen molar-refractivity contribution in [2.24, 2.45) is 0 Å². The molecule has 0 aliphatic rings. The number of aromatic nitrogens is 1. The topological polar surface area (TPSA) is 26.0 Å². The average Bonchev–Trinajstić information content (AvgIpc) is 2.72. The van der Waals surface area contributed by atoms with Crippen molar-refractivity contribution in [3.63, 3.8) is 0 Å². The molecule has 0 bridgehead atoms. The minimum atomic E-state index is 0.682.